The maximum absolute atomic E-state index is 8.74. The molecule has 0 saturated heterocycles. The van der Waals surface area contributed by atoms with Crippen molar-refractivity contribution in [2.75, 3.05) is 0 Å². The van der Waals surface area contributed by atoms with Crippen LogP contribution in [0.4, 0.5) is 0 Å². The molecule has 44 valence electrons. The first-order valence-corrected chi connectivity index (χ1v) is 2.10. The van der Waals surface area contributed by atoms with Gasteiger partial charge >= 0.3 is 48.1 Å². The average Bonchev–Trinajstić information content (AvgIpc) is 0.722. The van der Waals surface area contributed by atoms with Gasteiger partial charge in [0.15, 0.2) is 0 Å². The second kappa shape index (κ2) is 8.35. The number of halogens is 1. The first-order valence-electron chi connectivity index (χ1n) is 0.698. The normalized spacial score (nSPS) is 7.25. The van der Waals surface area contributed by atoms with Crippen molar-refractivity contribution in [3.05, 3.63) is 0 Å². The van der Waals surface area contributed by atoms with Gasteiger partial charge in [-0.15, -0.1) is 12.4 Å². The molecule has 0 aliphatic heterocycles. The molecule has 8 heteroatoms. The molecule has 0 fully saturated rings. The van der Waals surface area contributed by atoms with E-state index in [1.54, 1.807) is 0 Å². The largest absolute Gasteiger partial charge is 1.00 e. The Hall–Kier alpha value is 1.35. The summed E-state index contributed by atoms with van der Waals surface area (Å²) in [7, 11) is -4.67. The Morgan fingerprint density at radius 2 is 1.12 bits per heavy atom. The van der Waals surface area contributed by atoms with Crippen LogP contribution in [0.5, 0.6) is 0 Å². The quantitative estimate of drug-likeness (QED) is 0.266. The maximum atomic E-state index is 8.74. The molecular formula is H5ClLi2O4S. The van der Waals surface area contributed by atoms with Crippen molar-refractivity contribution >= 4 is 22.8 Å². The summed E-state index contributed by atoms with van der Waals surface area (Å²) in [6.07, 6.45) is 0. The fourth-order valence-corrected chi connectivity index (χ4v) is 0. The van der Waals surface area contributed by atoms with Crippen LogP contribution in [0.3, 0.4) is 0 Å². The van der Waals surface area contributed by atoms with Gasteiger partial charge < -0.3 is 2.85 Å². The van der Waals surface area contributed by atoms with Gasteiger partial charge in [0.2, 0.25) is 0 Å². The Bertz CT molecular complexity index is 104. The molecule has 0 radical (unpaired) electrons. The standard InChI is InChI=1S/ClH.2Li.H2O4S.2H/c;;;1-5(2,3)4;;/h1H;;;(H2,1,2,3,4);;/q;2*+1;;2*-1. The van der Waals surface area contributed by atoms with E-state index < -0.39 is 10.4 Å². The first kappa shape index (κ1) is 22.8. The van der Waals surface area contributed by atoms with Gasteiger partial charge in [-0.1, -0.05) is 0 Å². The van der Waals surface area contributed by atoms with Crippen LogP contribution in [-0.2, 0) is 10.4 Å². The molecule has 0 saturated carbocycles. The third-order valence-corrected chi connectivity index (χ3v) is 0. The van der Waals surface area contributed by atoms with E-state index in [0.717, 1.165) is 0 Å². The summed E-state index contributed by atoms with van der Waals surface area (Å²) in [5.74, 6) is 0. The molecule has 0 aliphatic carbocycles. The van der Waals surface area contributed by atoms with Crippen molar-refractivity contribution in [2.24, 2.45) is 0 Å². The third kappa shape index (κ3) is 162. The zero-order chi connectivity index (χ0) is 4.50. The fraction of sp³-hybridized carbons (Fsp3) is 0. The minimum atomic E-state index is -4.67. The van der Waals surface area contributed by atoms with E-state index in [0.29, 0.717) is 0 Å². The average molecular weight is 150 g/mol. The first-order chi connectivity index (χ1) is 2.00. The van der Waals surface area contributed by atoms with Gasteiger partial charge in [-0.25, -0.2) is 0 Å². The van der Waals surface area contributed by atoms with E-state index >= 15 is 0 Å². The molecule has 0 aromatic carbocycles. The number of hydrogen-bond acceptors (Lipinski definition) is 2. The SMILES string of the molecule is Cl.O=S(=O)(O)O.[H-].[H-].[Li+].[Li+]. The minimum Gasteiger partial charge on any atom is -1.00 e. The summed E-state index contributed by atoms with van der Waals surface area (Å²) >= 11 is 0. The van der Waals surface area contributed by atoms with Crippen molar-refractivity contribution < 1.29 is 58.1 Å². The molecule has 0 aliphatic rings. The van der Waals surface area contributed by atoms with Gasteiger partial charge in [0, 0.05) is 0 Å². The van der Waals surface area contributed by atoms with E-state index in [9.17, 15) is 0 Å². The van der Waals surface area contributed by atoms with Crippen molar-refractivity contribution in [1.29, 1.82) is 0 Å². The van der Waals surface area contributed by atoms with Crippen LogP contribution in [0.1, 0.15) is 2.85 Å². The summed E-state index contributed by atoms with van der Waals surface area (Å²) in [5, 5.41) is 0. The molecule has 0 atom stereocenters. The fourth-order valence-electron chi connectivity index (χ4n) is 0. The smallest absolute Gasteiger partial charge is 1.00 e. The Morgan fingerprint density at radius 1 is 1.12 bits per heavy atom. The third-order valence-electron chi connectivity index (χ3n) is 0. The van der Waals surface area contributed by atoms with Crippen molar-refractivity contribution in [2.45, 2.75) is 0 Å². The molecule has 0 aromatic rings. The van der Waals surface area contributed by atoms with Crippen LogP contribution in [0.15, 0.2) is 0 Å². The van der Waals surface area contributed by atoms with Crippen LogP contribution in [-0.4, -0.2) is 17.5 Å². The summed E-state index contributed by atoms with van der Waals surface area (Å²) in [5.41, 5.74) is 0. The van der Waals surface area contributed by atoms with Crippen LogP contribution >= 0.6 is 12.4 Å². The second-order valence-electron chi connectivity index (χ2n) is 0.448. The van der Waals surface area contributed by atoms with Gasteiger partial charge in [0.05, 0.1) is 0 Å². The Morgan fingerprint density at radius 3 is 1.12 bits per heavy atom. The molecule has 0 amide bonds. The van der Waals surface area contributed by atoms with Gasteiger partial charge in [-0.2, -0.15) is 8.42 Å². The van der Waals surface area contributed by atoms with E-state index in [1.165, 1.54) is 0 Å². The molecule has 8 heavy (non-hydrogen) atoms. The summed E-state index contributed by atoms with van der Waals surface area (Å²) in [6, 6.07) is 0. The van der Waals surface area contributed by atoms with Crippen molar-refractivity contribution in [1.82, 2.24) is 0 Å². The van der Waals surface area contributed by atoms with Gasteiger partial charge in [0.25, 0.3) is 0 Å². The topological polar surface area (TPSA) is 74.6 Å². The summed E-state index contributed by atoms with van der Waals surface area (Å²) in [4.78, 5) is 0. The van der Waals surface area contributed by atoms with Gasteiger partial charge in [-0.05, 0) is 0 Å². The van der Waals surface area contributed by atoms with E-state index in [-0.39, 0.29) is 53.0 Å². The van der Waals surface area contributed by atoms with E-state index in [2.05, 4.69) is 0 Å². The molecule has 0 spiro atoms. The molecule has 0 rings (SSSR count). The maximum Gasteiger partial charge on any atom is 1.00 e. The van der Waals surface area contributed by atoms with Gasteiger partial charge in [0.1, 0.15) is 0 Å². The molecule has 0 unspecified atom stereocenters. The number of hydrogen-bond donors (Lipinski definition) is 2. The van der Waals surface area contributed by atoms with E-state index in [4.69, 9.17) is 17.5 Å². The molecule has 0 aromatic heterocycles. The molecule has 0 heterocycles. The molecule has 4 nitrogen and oxygen atoms in total. The Kier molecular flexibility index (Phi) is 23.8. The molecule has 2 N–H and O–H groups in total. The Labute approximate surface area is 80.7 Å². The van der Waals surface area contributed by atoms with Crippen LogP contribution in [0.2, 0.25) is 0 Å². The Balaban J connectivity index is -0.00000000800. The predicted octanol–water partition coefficient (Wildman–Crippen LogP) is -6.00. The van der Waals surface area contributed by atoms with Crippen LogP contribution < -0.4 is 37.7 Å². The van der Waals surface area contributed by atoms with Crippen LogP contribution in [0.25, 0.3) is 0 Å². The zero-order valence-corrected chi connectivity index (χ0v) is 6.16. The summed E-state index contributed by atoms with van der Waals surface area (Å²) < 4.78 is 31.6. The summed E-state index contributed by atoms with van der Waals surface area (Å²) in [6.45, 7) is 0. The van der Waals surface area contributed by atoms with Crippen LogP contribution in [0, 0.1) is 0 Å². The van der Waals surface area contributed by atoms with Crippen molar-refractivity contribution in [3.63, 3.8) is 0 Å². The van der Waals surface area contributed by atoms with Gasteiger partial charge in [-0.3, -0.25) is 9.11 Å². The predicted molar refractivity (Wildman–Crippen MR) is 23.6 cm³/mol. The molecule has 0 bridgehead atoms. The zero-order valence-electron chi connectivity index (χ0n) is 6.53. The monoisotopic (exact) mass is 150 g/mol. The minimum absolute atomic E-state index is 0. The van der Waals surface area contributed by atoms with E-state index in [1.807, 2.05) is 0 Å². The van der Waals surface area contributed by atoms with Crippen molar-refractivity contribution in [3.8, 4) is 0 Å². The molecular weight excluding hydrogens is 145 g/mol. The second-order valence-corrected chi connectivity index (χ2v) is 1.34. The number of rotatable bonds is 0.